The monoisotopic (exact) mass is 464 g/mol. The summed E-state index contributed by atoms with van der Waals surface area (Å²) >= 11 is 0. The second-order valence-corrected chi connectivity index (χ2v) is 10.5. The summed E-state index contributed by atoms with van der Waals surface area (Å²) in [5.41, 5.74) is 2.39. The third-order valence-electron chi connectivity index (χ3n) is 8.14. The van der Waals surface area contributed by atoms with Crippen molar-refractivity contribution in [3.8, 4) is 0 Å². The number of carbonyl (C=O) groups is 3. The lowest BCUT2D eigenvalue weighted by molar-refractivity contribution is -0.136. The van der Waals surface area contributed by atoms with E-state index in [-0.39, 0.29) is 24.1 Å². The van der Waals surface area contributed by atoms with Crippen LogP contribution in [0.5, 0.6) is 0 Å². The molecule has 2 aliphatic heterocycles. The van der Waals surface area contributed by atoms with E-state index < -0.39 is 6.04 Å². The summed E-state index contributed by atoms with van der Waals surface area (Å²) in [5.74, 6) is 0.484. The normalized spacial score (nSPS) is 28.4. The van der Waals surface area contributed by atoms with E-state index >= 15 is 0 Å². The highest BCUT2D eigenvalue weighted by atomic mass is 16.2. The molecule has 3 fully saturated rings. The maximum Gasteiger partial charge on any atom is 0.255 e. The van der Waals surface area contributed by atoms with Crippen molar-refractivity contribution in [3.05, 3.63) is 29.3 Å². The van der Waals surface area contributed by atoms with E-state index in [9.17, 15) is 14.4 Å². The van der Waals surface area contributed by atoms with Gasteiger partial charge in [-0.2, -0.15) is 0 Å². The molecule has 2 aliphatic carbocycles. The number of imide groups is 1. The van der Waals surface area contributed by atoms with Gasteiger partial charge >= 0.3 is 0 Å². The molecule has 182 valence electrons. The van der Waals surface area contributed by atoms with Crippen LogP contribution in [0.25, 0.3) is 0 Å². The highest BCUT2D eigenvalue weighted by molar-refractivity contribution is 6.05. The molecule has 1 aromatic carbocycles. The zero-order chi connectivity index (χ0) is 23.5. The van der Waals surface area contributed by atoms with Gasteiger partial charge in [0.1, 0.15) is 6.04 Å². The number of carbonyl (C=O) groups excluding carboxylic acids is 3. The molecule has 0 bridgehead atoms. The molecule has 5 rings (SSSR count). The highest BCUT2D eigenvalue weighted by Gasteiger charge is 2.39. The number of piperidine rings is 1. The number of hydrogen-bond acceptors (Lipinski definition) is 5. The van der Waals surface area contributed by atoms with Crippen LogP contribution in [0.1, 0.15) is 86.6 Å². The first-order chi connectivity index (χ1) is 16.6. The summed E-state index contributed by atoms with van der Waals surface area (Å²) in [6, 6.07) is 5.62. The third kappa shape index (κ3) is 5.09. The molecule has 1 aromatic rings. The molecule has 7 heteroatoms. The Morgan fingerprint density at radius 3 is 2.62 bits per heavy atom. The summed E-state index contributed by atoms with van der Waals surface area (Å²) in [5, 5.41) is 6.23. The zero-order valence-electron chi connectivity index (χ0n) is 19.9. The molecular formula is C27H36N4O3. The summed E-state index contributed by atoms with van der Waals surface area (Å²) in [4.78, 5) is 43.0. The topological polar surface area (TPSA) is 90.9 Å². The van der Waals surface area contributed by atoms with Gasteiger partial charge in [-0.05, 0) is 68.3 Å². The molecule has 1 saturated heterocycles. The van der Waals surface area contributed by atoms with Gasteiger partial charge in [-0.15, -0.1) is 0 Å². The lowest BCUT2D eigenvalue weighted by Crippen LogP contribution is -2.52. The van der Waals surface area contributed by atoms with Gasteiger partial charge in [-0.25, -0.2) is 0 Å². The molecule has 2 unspecified atom stereocenters. The molecular weight excluding hydrogens is 428 g/mol. The van der Waals surface area contributed by atoms with Crippen molar-refractivity contribution in [3.63, 3.8) is 0 Å². The van der Waals surface area contributed by atoms with Gasteiger partial charge in [-0.1, -0.05) is 32.1 Å². The van der Waals surface area contributed by atoms with Gasteiger partial charge < -0.3 is 10.2 Å². The van der Waals surface area contributed by atoms with E-state index in [0.717, 1.165) is 23.7 Å². The summed E-state index contributed by atoms with van der Waals surface area (Å²) in [6.07, 6.45) is 14.6. The van der Waals surface area contributed by atoms with Gasteiger partial charge in [0.25, 0.3) is 5.91 Å². The zero-order valence-corrected chi connectivity index (χ0v) is 19.9. The fourth-order valence-corrected chi connectivity index (χ4v) is 6.12. The molecule has 3 atom stereocenters. The second kappa shape index (κ2) is 10.4. The summed E-state index contributed by atoms with van der Waals surface area (Å²) in [6.45, 7) is 1.52. The van der Waals surface area contributed by atoms with Crippen LogP contribution < -0.4 is 10.6 Å². The van der Waals surface area contributed by atoms with Gasteiger partial charge in [0.2, 0.25) is 11.8 Å². The Morgan fingerprint density at radius 1 is 1.00 bits per heavy atom. The van der Waals surface area contributed by atoms with Crippen molar-refractivity contribution in [1.29, 1.82) is 0 Å². The number of rotatable bonds is 6. The van der Waals surface area contributed by atoms with Crippen LogP contribution in [0.15, 0.2) is 23.2 Å². The number of hydrogen-bond donors (Lipinski definition) is 2. The van der Waals surface area contributed by atoms with Gasteiger partial charge in [0, 0.05) is 36.7 Å². The fraction of sp³-hybridized carbons (Fsp3) is 0.630. The summed E-state index contributed by atoms with van der Waals surface area (Å²) < 4.78 is 0. The molecule has 7 nitrogen and oxygen atoms in total. The number of amides is 3. The fourth-order valence-electron chi connectivity index (χ4n) is 6.12. The van der Waals surface area contributed by atoms with Crippen LogP contribution in [-0.4, -0.2) is 47.5 Å². The molecule has 0 radical (unpaired) electrons. The van der Waals surface area contributed by atoms with Crippen molar-refractivity contribution < 1.29 is 14.4 Å². The number of nitrogens with one attached hydrogen (secondary N) is 2. The predicted octanol–water partition coefficient (Wildman–Crippen LogP) is 3.88. The average molecular weight is 465 g/mol. The van der Waals surface area contributed by atoms with Gasteiger partial charge in [-0.3, -0.25) is 24.7 Å². The van der Waals surface area contributed by atoms with Crippen LogP contribution in [0.3, 0.4) is 0 Å². The van der Waals surface area contributed by atoms with E-state index in [1.54, 1.807) is 4.90 Å². The molecule has 2 heterocycles. The van der Waals surface area contributed by atoms with Gasteiger partial charge in [0.05, 0.1) is 5.69 Å². The number of aliphatic imine (C=N–C) groups is 1. The van der Waals surface area contributed by atoms with Crippen LogP contribution in [0, 0.1) is 11.8 Å². The van der Waals surface area contributed by atoms with E-state index in [1.165, 1.54) is 57.8 Å². The second-order valence-electron chi connectivity index (χ2n) is 10.5. The average Bonchev–Trinajstić information content (AvgIpc) is 3.18. The van der Waals surface area contributed by atoms with E-state index in [2.05, 4.69) is 16.8 Å². The lowest BCUT2D eigenvalue weighted by atomic mass is 9.84. The minimum Gasteiger partial charge on any atom is -0.322 e. The molecule has 4 aliphatic rings. The molecule has 0 spiro atoms. The lowest BCUT2D eigenvalue weighted by Gasteiger charge is -2.32. The highest BCUT2D eigenvalue weighted by Crippen LogP contribution is 2.31. The Bertz CT molecular complexity index is 969. The summed E-state index contributed by atoms with van der Waals surface area (Å²) in [7, 11) is 0. The Kier molecular flexibility index (Phi) is 7.09. The third-order valence-corrected chi connectivity index (χ3v) is 8.14. The van der Waals surface area contributed by atoms with Crippen LogP contribution >= 0.6 is 0 Å². The van der Waals surface area contributed by atoms with Crippen molar-refractivity contribution >= 4 is 29.6 Å². The number of nitrogens with zero attached hydrogens (tertiary/aromatic N) is 2. The molecule has 34 heavy (non-hydrogen) atoms. The van der Waals surface area contributed by atoms with E-state index in [0.29, 0.717) is 30.5 Å². The van der Waals surface area contributed by atoms with Gasteiger partial charge in [0.15, 0.2) is 0 Å². The largest absolute Gasteiger partial charge is 0.322 e. The molecule has 2 saturated carbocycles. The van der Waals surface area contributed by atoms with Crippen molar-refractivity contribution in [2.75, 3.05) is 6.54 Å². The molecule has 3 amide bonds. The maximum atomic E-state index is 12.9. The Morgan fingerprint density at radius 2 is 1.79 bits per heavy atom. The maximum absolute atomic E-state index is 12.9. The molecule has 0 aromatic heterocycles. The van der Waals surface area contributed by atoms with Crippen molar-refractivity contribution in [1.82, 2.24) is 15.5 Å². The predicted molar refractivity (Wildman–Crippen MR) is 131 cm³/mol. The van der Waals surface area contributed by atoms with Crippen LogP contribution in [0.4, 0.5) is 5.69 Å². The van der Waals surface area contributed by atoms with E-state index in [4.69, 9.17) is 4.99 Å². The number of benzene rings is 1. The first-order valence-corrected chi connectivity index (χ1v) is 13.1. The quantitative estimate of drug-likeness (QED) is 0.494. The van der Waals surface area contributed by atoms with Crippen molar-refractivity contribution in [2.24, 2.45) is 16.8 Å². The minimum atomic E-state index is -0.581. The molecule has 2 N–H and O–H groups in total. The Hall–Kier alpha value is -2.54. The minimum absolute atomic E-state index is 0.140. The SMILES string of the molecule is O=C1CCC(N2Cc3cc(N=CC4CCCC[C@@H]4NCC4CCCCC4)ccc3C2=O)C(=O)N1. The standard InChI is InChI=1S/C27H36N4O3/c32-25-13-12-24(26(33)30-25)31-17-20-14-21(10-11-22(20)27(31)34)28-16-19-8-4-5-9-23(19)29-15-18-6-2-1-3-7-18/h10-11,14,16,18-19,23-24,29H,1-9,12-13,15,17H2,(H,30,32,33)/t19?,23-,24?/m0/s1. The number of fused-ring (bicyclic) bond motifs is 1. The smallest absolute Gasteiger partial charge is 0.255 e. The van der Waals surface area contributed by atoms with E-state index in [1.807, 2.05) is 18.2 Å². The van der Waals surface area contributed by atoms with Crippen molar-refractivity contribution in [2.45, 2.75) is 89.3 Å². The van der Waals surface area contributed by atoms with Crippen LogP contribution in [0.2, 0.25) is 0 Å². The Balaban J connectivity index is 1.22. The van der Waals surface area contributed by atoms with Crippen LogP contribution in [-0.2, 0) is 16.1 Å². The first kappa shape index (κ1) is 23.2. The Labute approximate surface area is 201 Å². The first-order valence-electron chi connectivity index (χ1n) is 13.1.